The number of fused-ring (bicyclic) bond motifs is 7. The molecule has 0 saturated heterocycles. The van der Waals surface area contributed by atoms with Crippen LogP contribution >= 0.6 is 0 Å². The number of hydrogen-bond donors (Lipinski definition) is 0. The second kappa shape index (κ2) is 5.46. The van der Waals surface area contributed by atoms with E-state index in [9.17, 15) is 0 Å². The molecule has 28 heavy (non-hydrogen) atoms. The summed E-state index contributed by atoms with van der Waals surface area (Å²) in [6.07, 6.45) is 2.07. The number of aryl methyl sites for hydroxylation is 2. The first kappa shape index (κ1) is 15.5. The SMILES string of the molecule is Cc1ccccc1-c1n2c(c[n+]1C)oc1c3c(ccc4ccccc43)ccc12. The largest absolute Gasteiger partial charge is 0.415 e. The van der Waals surface area contributed by atoms with E-state index in [4.69, 9.17) is 4.42 Å². The molecule has 6 aromatic rings. The maximum absolute atomic E-state index is 6.44. The molecule has 0 fully saturated rings. The number of rotatable bonds is 1. The quantitative estimate of drug-likeness (QED) is 0.267. The van der Waals surface area contributed by atoms with Crippen molar-refractivity contribution in [1.82, 2.24) is 4.40 Å². The summed E-state index contributed by atoms with van der Waals surface area (Å²) in [6.45, 7) is 2.15. The Kier molecular flexibility index (Phi) is 3.01. The summed E-state index contributed by atoms with van der Waals surface area (Å²) < 4.78 is 10.8. The average molecular weight is 363 g/mol. The van der Waals surface area contributed by atoms with Gasteiger partial charge in [-0.15, -0.1) is 0 Å². The zero-order valence-electron chi connectivity index (χ0n) is 15.8. The van der Waals surface area contributed by atoms with Crippen LogP contribution in [0.4, 0.5) is 0 Å². The van der Waals surface area contributed by atoms with Crippen molar-refractivity contribution in [2.45, 2.75) is 6.92 Å². The summed E-state index contributed by atoms with van der Waals surface area (Å²) in [7, 11) is 2.08. The lowest BCUT2D eigenvalue weighted by atomic mass is 10.0. The van der Waals surface area contributed by atoms with Crippen molar-refractivity contribution < 1.29 is 8.98 Å². The van der Waals surface area contributed by atoms with Gasteiger partial charge in [0.05, 0.1) is 12.6 Å². The first-order valence-electron chi connectivity index (χ1n) is 9.52. The predicted octanol–water partition coefficient (Wildman–Crippen LogP) is 5.79. The molecule has 0 aliphatic heterocycles. The van der Waals surface area contributed by atoms with Crippen LogP contribution in [0.25, 0.3) is 49.7 Å². The summed E-state index contributed by atoms with van der Waals surface area (Å²) >= 11 is 0. The molecule has 0 unspecified atom stereocenters. The van der Waals surface area contributed by atoms with Crippen molar-refractivity contribution in [2.75, 3.05) is 0 Å². The van der Waals surface area contributed by atoms with Crippen LogP contribution in [0.2, 0.25) is 0 Å². The Morgan fingerprint density at radius 3 is 2.46 bits per heavy atom. The smallest absolute Gasteiger partial charge is 0.336 e. The van der Waals surface area contributed by atoms with Crippen molar-refractivity contribution in [3.63, 3.8) is 0 Å². The van der Waals surface area contributed by atoms with Crippen LogP contribution < -0.4 is 4.57 Å². The zero-order valence-corrected chi connectivity index (χ0v) is 15.8. The van der Waals surface area contributed by atoms with Crippen molar-refractivity contribution in [2.24, 2.45) is 7.05 Å². The van der Waals surface area contributed by atoms with E-state index in [-0.39, 0.29) is 0 Å². The highest BCUT2D eigenvalue weighted by atomic mass is 16.3. The van der Waals surface area contributed by atoms with Gasteiger partial charge in [0.15, 0.2) is 17.3 Å². The molecule has 0 aliphatic carbocycles. The highest BCUT2D eigenvalue weighted by Crippen LogP contribution is 2.35. The third kappa shape index (κ3) is 1.96. The van der Waals surface area contributed by atoms with Gasteiger partial charge in [0, 0.05) is 5.39 Å². The van der Waals surface area contributed by atoms with Gasteiger partial charge in [0.1, 0.15) is 0 Å². The summed E-state index contributed by atoms with van der Waals surface area (Å²) in [4.78, 5) is 0. The van der Waals surface area contributed by atoms with Gasteiger partial charge in [0.2, 0.25) is 0 Å². The highest BCUT2D eigenvalue weighted by Gasteiger charge is 2.26. The van der Waals surface area contributed by atoms with Crippen LogP contribution in [0.15, 0.2) is 83.4 Å². The highest BCUT2D eigenvalue weighted by molar-refractivity contribution is 6.18. The molecule has 6 rings (SSSR count). The molecule has 0 spiro atoms. The van der Waals surface area contributed by atoms with Crippen molar-refractivity contribution >= 4 is 38.4 Å². The lowest BCUT2D eigenvalue weighted by molar-refractivity contribution is -0.658. The van der Waals surface area contributed by atoms with E-state index in [2.05, 4.69) is 102 Å². The Balaban J connectivity index is 1.82. The predicted molar refractivity (Wildman–Crippen MR) is 114 cm³/mol. The maximum Gasteiger partial charge on any atom is 0.336 e. The first-order chi connectivity index (χ1) is 13.7. The molecule has 4 aromatic carbocycles. The second-order valence-corrected chi connectivity index (χ2v) is 7.45. The lowest BCUT2D eigenvalue weighted by Gasteiger charge is -2.04. The number of benzene rings is 4. The van der Waals surface area contributed by atoms with Gasteiger partial charge in [0.25, 0.3) is 5.82 Å². The van der Waals surface area contributed by atoms with Gasteiger partial charge >= 0.3 is 5.71 Å². The molecule has 0 saturated carbocycles. The van der Waals surface area contributed by atoms with Crippen molar-refractivity contribution in [1.29, 1.82) is 0 Å². The third-order valence-corrected chi connectivity index (χ3v) is 5.75. The number of oxazole rings is 1. The fraction of sp³-hybridized carbons (Fsp3) is 0.0800. The van der Waals surface area contributed by atoms with Gasteiger partial charge in [-0.3, -0.25) is 0 Å². The summed E-state index contributed by atoms with van der Waals surface area (Å²) in [6, 6.07) is 25.7. The molecule has 0 N–H and O–H groups in total. The van der Waals surface area contributed by atoms with Crippen LogP contribution in [-0.4, -0.2) is 4.40 Å². The number of hydrogen-bond acceptors (Lipinski definition) is 1. The number of imidazole rings is 1. The second-order valence-electron chi connectivity index (χ2n) is 7.45. The van der Waals surface area contributed by atoms with Crippen LogP contribution in [-0.2, 0) is 7.05 Å². The van der Waals surface area contributed by atoms with Crippen molar-refractivity contribution in [3.05, 3.63) is 84.6 Å². The molecule has 0 radical (unpaired) electrons. The van der Waals surface area contributed by atoms with Gasteiger partial charge in [-0.25, -0.2) is 4.57 Å². The molecular weight excluding hydrogens is 344 g/mol. The minimum absolute atomic E-state index is 0.858. The van der Waals surface area contributed by atoms with E-state index < -0.39 is 0 Å². The Morgan fingerprint density at radius 2 is 1.57 bits per heavy atom. The molecule has 0 bridgehead atoms. The number of nitrogens with zero attached hydrogens (tertiary/aromatic N) is 2. The van der Waals surface area contributed by atoms with Crippen molar-refractivity contribution in [3.8, 4) is 11.4 Å². The third-order valence-electron chi connectivity index (χ3n) is 5.75. The summed E-state index contributed by atoms with van der Waals surface area (Å²) in [5.74, 6) is 1.13. The minimum atomic E-state index is 0.858. The van der Waals surface area contributed by atoms with E-state index in [1.165, 1.54) is 32.7 Å². The van der Waals surface area contributed by atoms with E-state index in [1.54, 1.807) is 0 Å². The monoisotopic (exact) mass is 363 g/mol. The molecule has 2 aromatic heterocycles. The normalized spacial score (nSPS) is 11.9. The van der Waals surface area contributed by atoms with E-state index in [0.717, 1.165) is 22.6 Å². The number of aromatic nitrogens is 2. The van der Waals surface area contributed by atoms with Gasteiger partial charge in [-0.1, -0.05) is 54.6 Å². The fourth-order valence-corrected chi connectivity index (χ4v) is 4.42. The van der Waals surface area contributed by atoms with Crippen LogP contribution in [0.1, 0.15) is 5.56 Å². The fourth-order valence-electron chi connectivity index (χ4n) is 4.42. The Hall–Kier alpha value is -3.59. The van der Waals surface area contributed by atoms with E-state index >= 15 is 0 Å². The van der Waals surface area contributed by atoms with E-state index in [1.807, 2.05) is 0 Å². The molecular formula is C25H19N2O+. The van der Waals surface area contributed by atoms with Gasteiger partial charge in [-0.05, 0) is 46.8 Å². The Labute approximate surface area is 162 Å². The first-order valence-corrected chi connectivity index (χ1v) is 9.52. The standard InChI is InChI=1S/C25H19N2O/c1-16-7-3-5-9-19(16)25-26(2)15-22-27(25)21-14-13-18-12-11-17-8-4-6-10-20(17)23(18)24(21)28-22/h3-15H,1-2H3/q+1. The Morgan fingerprint density at radius 1 is 0.821 bits per heavy atom. The zero-order chi connectivity index (χ0) is 18.8. The average Bonchev–Trinajstić information content (AvgIpc) is 3.22. The molecule has 0 aliphatic rings. The molecule has 3 nitrogen and oxygen atoms in total. The van der Waals surface area contributed by atoms with Gasteiger partial charge < -0.3 is 4.42 Å². The maximum atomic E-state index is 6.44. The lowest BCUT2D eigenvalue weighted by Crippen LogP contribution is -2.28. The Bertz CT molecular complexity index is 1530. The minimum Gasteiger partial charge on any atom is -0.415 e. The molecule has 134 valence electrons. The van der Waals surface area contributed by atoms with Crippen LogP contribution in [0, 0.1) is 6.92 Å². The van der Waals surface area contributed by atoms with Crippen LogP contribution in [0.3, 0.4) is 0 Å². The summed E-state index contributed by atoms with van der Waals surface area (Å²) in [5, 5.41) is 4.83. The van der Waals surface area contributed by atoms with Gasteiger partial charge in [-0.2, -0.15) is 4.40 Å². The molecule has 0 atom stereocenters. The molecule has 0 amide bonds. The molecule has 3 heteroatoms. The topological polar surface area (TPSA) is 21.4 Å². The molecule has 2 heterocycles. The van der Waals surface area contributed by atoms with Crippen LogP contribution in [0.5, 0.6) is 0 Å². The summed E-state index contributed by atoms with van der Waals surface area (Å²) in [5.41, 5.74) is 5.36. The van der Waals surface area contributed by atoms with E-state index in [0.29, 0.717) is 0 Å².